The number of rotatable bonds is 7. The van der Waals surface area contributed by atoms with Crippen molar-refractivity contribution < 1.29 is 22.7 Å². The molecule has 1 N–H and O–H groups in total. The first-order valence-electron chi connectivity index (χ1n) is 9.86. The first-order valence-corrected chi connectivity index (χ1v) is 9.86. The Hall–Kier alpha value is -2.58. The van der Waals surface area contributed by atoms with E-state index in [9.17, 15) is 18.0 Å². The standard InChI is InChI=1S/C22H26F3N3O2/c1-27-11-13-28(14-12-27)15-20(17-5-3-2-4-6-17)26-21(29)16-30-19-9-7-18(8-10-19)22(23,24)25/h2-10,20H,11-16H2,1H3,(H,26,29). The predicted molar refractivity (Wildman–Crippen MR) is 108 cm³/mol. The summed E-state index contributed by atoms with van der Waals surface area (Å²) in [6.45, 7) is 4.23. The number of carbonyl (C=O) groups excluding carboxylic acids is 1. The second kappa shape index (κ2) is 9.95. The normalized spacial score (nSPS) is 16.8. The quantitative estimate of drug-likeness (QED) is 0.746. The van der Waals surface area contributed by atoms with Crippen molar-refractivity contribution in [1.82, 2.24) is 15.1 Å². The fourth-order valence-electron chi connectivity index (χ4n) is 3.33. The Morgan fingerprint density at radius 2 is 1.67 bits per heavy atom. The Morgan fingerprint density at radius 1 is 1.03 bits per heavy atom. The number of nitrogens with one attached hydrogen (secondary N) is 1. The summed E-state index contributed by atoms with van der Waals surface area (Å²) < 4.78 is 43.3. The van der Waals surface area contributed by atoms with Gasteiger partial charge >= 0.3 is 6.18 Å². The number of likely N-dealkylation sites (N-methyl/N-ethyl adjacent to an activating group) is 1. The molecular formula is C22H26F3N3O2. The van der Waals surface area contributed by atoms with E-state index in [-0.39, 0.29) is 24.3 Å². The molecular weight excluding hydrogens is 395 g/mol. The van der Waals surface area contributed by atoms with Crippen LogP contribution in [0.3, 0.4) is 0 Å². The van der Waals surface area contributed by atoms with Crippen molar-refractivity contribution >= 4 is 5.91 Å². The van der Waals surface area contributed by atoms with E-state index < -0.39 is 11.7 Å². The Balaban J connectivity index is 1.57. The average molecular weight is 421 g/mol. The van der Waals surface area contributed by atoms with Gasteiger partial charge in [0.2, 0.25) is 0 Å². The van der Waals surface area contributed by atoms with Crippen molar-refractivity contribution in [3.05, 3.63) is 65.7 Å². The van der Waals surface area contributed by atoms with Crippen LogP contribution < -0.4 is 10.1 Å². The number of nitrogens with zero attached hydrogens (tertiary/aromatic N) is 2. The number of amides is 1. The summed E-state index contributed by atoms with van der Waals surface area (Å²) in [7, 11) is 2.09. The molecule has 0 bridgehead atoms. The molecule has 1 aliphatic rings. The lowest BCUT2D eigenvalue weighted by molar-refractivity contribution is -0.137. The van der Waals surface area contributed by atoms with E-state index in [1.54, 1.807) is 0 Å². The maximum atomic E-state index is 12.6. The van der Waals surface area contributed by atoms with E-state index >= 15 is 0 Å². The minimum Gasteiger partial charge on any atom is -0.484 e. The van der Waals surface area contributed by atoms with Gasteiger partial charge in [-0.3, -0.25) is 9.69 Å². The molecule has 30 heavy (non-hydrogen) atoms. The molecule has 0 spiro atoms. The summed E-state index contributed by atoms with van der Waals surface area (Å²) in [5, 5.41) is 3.00. The molecule has 2 aromatic rings. The van der Waals surface area contributed by atoms with E-state index in [1.165, 1.54) is 12.1 Å². The van der Waals surface area contributed by atoms with Crippen LogP contribution in [-0.4, -0.2) is 62.1 Å². The van der Waals surface area contributed by atoms with Crippen LogP contribution in [0.2, 0.25) is 0 Å². The van der Waals surface area contributed by atoms with Gasteiger partial charge in [-0.1, -0.05) is 30.3 Å². The molecule has 2 aromatic carbocycles. The third kappa shape index (κ3) is 6.47. The minimum atomic E-state index is -4.40. The molecule has 8 heteroatoms. The van der Waals surface area contributed by atoms with Gasteiger partial charge in [0.15, 0.2) is 6.61 Å². The molecule has 1 fully saturated rings. The Morgan fingerprint density at radius 3 is 2.27 bits per heavy atom. The van der Waals surface area contributed by atoms with Gasteiger partial charge in [0, 0.05) is 32.7 Å². The van der Waals surface area contributed by atoms with E-state index in [2.05, 4.69) is 22.2 Å². The maximum absolute atomic E-state index is 12.6. The highest BCUT2D eigenvalue weighted by atomic mass is 19.4. The molecule has 0 aromatic heterocycles. The van der Waals surface area contributed by atoms with Crippen LogP contribution in [0.4, 0.5) is 13.2 Å². The lowest BCUT2D eigenvalue weighted by Gasteiger charge is -2.35. The van der Waals surface area contributed by atoms with Gasteiger partial charge in [-0.05, 0) is 36.9 Å². The molecule has 1 atom stereocenters. The average Bonchev–Trinajstić information content (AvgIpc) is 2.73. The van der Waals surface area contributed by atoms with Crippen LogP contribution in [0, 0.1) is 0 Å². The van der Waals surface area contributed by atoms with Gasteiger partial charge in [-0.2, -0.15) is 13.2 Å². The summed E-state index contributed by atoms with van der Waals surface area (Å²) in [5.74, 6) is -0.105. The number of piperazine rings is 1. The van der Waals surface area contributed by atoms with Gasteiger partial charge in [0.05, 0.1) is 11.6 Å². The smallest absolute Gasteiger partial charge is 0.416 e. The molecule has 3 rings (SSSR count). The SMILES string of the molecule is CN1CCN(CC(NC(=O)COc2ccc(C(F)(F)F)cc2)c2ccccc2)CC1. The molecule has 0 saturated carbocycles. The fraction of sp³-hybridized carbons (Fsp3) is 0.409. The van der Waals surface area contributed by atoms with Crippen molar-refractivity contribution in [3.8, 4) is 5.75 Å². The Kier molecular flexibility index (Phi) is 7.33. The zero-order chi connectivity index (χ0) is 21.6. The first-order chi connectivity index (χ1) is 14.3. The van der Waals surface area contributed by atoms with Gasteiger partial charge < -0.3 is 15.0 Å². The minimum absolute atomic E-state index is 0.196. The second-order valence-electron chi connectivity index (χ2n) is 7.45. The van der Waals surface area contributed by atoms with Gasteiger partial charge in [0.1, 0.15) is 5.75 Å². The number of hydrogen-bond donors (Lipinski definition) is 1. The zero-order valence-corrected chi connectivity index (χ0v) is 16.9. The Bertz CT molecular complexity index is 805. The van der Waals surface area contributed by atoms with Crippen molar-refractivity contribution in [2.24, 2.45) is 0 Å². The van der Waals surface area contributed by atoms with Crippen molar-refractivity contribution in [2.45, 2.75) is 12.2 Å². The summed E-state index contributed by atoms with van der Waals surface area (Å²) in [4.78, 5) is 17.1. The summed E-state index contributed by atoms with van der Waals surface area (Å²) in [5.41, 5.74) is 0.245. The number of benzene rings is 2. The van der Waals surface area contributed by atoms with Gasteiger partial charge in [0.25, 0.3) is 5.91 Å². The zero-order valence-electron chi connectivity index (χ0n) is 16.9. The largest absolute Gasteiger partial charge is 0.484 e. The summed E-state index contributed by atoms with van der Waals surface area (Å²) >= 11 is 0. The molecule has 162 valence electrons. The molecule has 0 radical (unpaired) electrons. The van der Waals surface area contributed by atoms with Crippen LogP contribution in [0.15, 0.2) is 54.6 Å². The van der Waals surface area contributed by atoms with Crippen LogP contribution in [0.25, 0.3) is 0 Å². The van der Waals surface area contributed by atoms with E-state index in [1.807, 2.05) is 30.3 Å². The lowest BCUT2D eigenvalue weighted by Crippen LogP contribution is -2.48. The molecule has 5 nitrogen and oxygen atoms in total. The highest BCUT2D eigenvalue weighted by Gasteiger charge is 2.30. The molecule has 1 aliphatic heterocycles. The monoisotopic (exact) mass is 421 g/mol. The number of carbonyl (C=O) groups is 1. The van der Waals surface area contributed by atoms with Crippen molar-refractivity contribution in [2.75, 3.05) is 46.4 Å². The van der Waals surface area contributed by atoms with E-state index in [0.29, 0.717) is 6.54 Å². The first kappa shape index (κ1) is 22.1. The second-order valence-corrected chi connectivity index (χ2v) is 7.45. The summed E-state index contributed by atoms with van der Waals surface area (Å²) in [6.07, 6.45) is -4.40. The fourth-order valence-corrected chi connectivity index (χ4v) is 3.33. The van der Waals surface area contributed by atoms with Crippen molar-refractivity contribution in [1.29, 1.82) is 0 Å². The molecule has 1 heterocycles. The van der Waals surface area contributed by atoms with Gasteiger partial charge in [-0.15, -0.1) is 0 Å². The summed E-state index contributed by atoms with van der Waals surface area (Å²) in [6, 6.07) is 13.8. The lowest BCUT2D eigenvalue weighted by atomic mass is 10.1. The van der Waals surface area contributed by atoms with Crippen LogP contribution in [0.1, 0.15) is 17.2 Å². The van der Waals surface area contributed by atoms with E-state index in [0.717, 1.165) is 43.9 Å². The Labute approximate surface area is 174 Å². The number of ether oxygens (including phenoxy) is 1. The molecule has 0 aliphatic carbocycles. The predicted octanol–water partition coefficient (Wildman–Crippen LogP) is 3.19. The number of alkyl halides is 3. The third-order valence-corrected chi connectivity index (χ3v) is 5.13. The van der Waals surface area contributed by atoms with Crippen molar-refractivity contribution in [3.63, 3.8) is 0 Å². The maximum Gasteiger partial charge on any atom is 0.416 e. The molecule has 1 saturated heterocycles. The number of halogens is 3. The van der Waals surface area contributed by atoms with Crippen LogP contribution in [-0.2, 0) is 11.0 Å². The molecule has 1 amide bonds. The molecule has 1 unspecified atom stereocenters. The third-order valence-electron chi connectivity index (χ3n) is 5.13. The highest BCUT2D eigenvalue weighted by molar-refractivity contribution is 5.78. The highest BCUT2D eigenvalue weighted by Crippen LogP contribution is 2.30. The van der Waals surface area contributed by atoms with Crippen LogP contribution >= 0.6 is 0 Å². The van der Waals surface area contributed by atoms with Gasteiger partial charge in [-0.25, -0.2) is 0 Å². The van der Waals surface area contributed by atoms with E-state index in [4.69, 9.17) is 4.74 Å². The number of hydrogen-bond acceptors (Lipinski definition) is 4. The van der Waals surface area contributed by atoms with Crippen LogP contribution in [0.5, 0.6) is 5.75 Å². The topological polar surface area (TPSA) is 44.8 Å².